The minimum Gasteiger partial charge on any atom is -0.502 e. The molecule has 0 saturated carbocycles. The summed E-state index contributed by atoms with van der Waals surface area (Å²) in [5.41, 5.74) is 0.440. The van der Waals surface area contributed by atoms with Gasteiger partial charge in [0, 0.05) is 6.07 Å². The smallest absolute Gasteiger partial charge is 0.318 e. The number of nitrogens with zero attached hydrogens (tertiary/aromatic N) is 3. The third-order valence-corrected chi connectivity index (χ3v) is 3.25. The van der Waals surface area contributed by atoms with Crippen LogP contribution >= 0.6 is 0 Å². The molecule has 3 N–H and O–H groups in total. The number of aliphatic hydroxyl groups is 1. The molecule has 0 fully saturated rings. The van der Waals surface area contributed by atoms with Gasteiger partial charge in [0.15, 0.2) is 6.10 Å². The fourth-order valence-electron chi connectivity index (χ4n) is 1.98. The van der Waals surface area contributed by atoms with E-state index in [2.05, 4.69) is 5.10 Å². The fourth-order valence-corrected chi connectivity index (χ4v) is 1.98. The molecule has 0 radical (unpaired) electrons. The van der Waals surface area contributed by atoms with Crippen LogP contribution in [0.2, 0.25) is 0 Å². The molecule has 0 aliphatic carbocycles. The molecule has 0 bridgehead atoms. The van der Waals surface area contributed by atoms with Crippen molar-refractivity contribution in [1.82, 2.24) is 5.43 Å². The number of rotatable bonds is 6. The SMILES string of the molecule is O=C(N/N=C\c1cc([N+](=O)[O-])cc([N+](=O)[O-])c1O)[C@@H](O)c1ccccc1. The number of amides is 1. The van der Waals surface area contributed by atoms with Crippen LogP contribution in [0.15, 0.2) is 47.6 Å². The standard InChI is InChI=1S/C15H12N4O7/c20-13-10(6-11(18(23)24)7-12(13)19(25)26)8-16-17-15(22)14(21)9-4-2-1-3-5-9/h1-8,14,20-21H,(H,17,22)/b16-8-/t14-/m0/s1. The van der Waals surface area contributed by atoms with Crippen molar-refractivity contribution in [2.75, 3.05) is 0 Å². The molecule has 0 heterocycles. The Hall–Kier alpha value is -3.86. The van der Waals surface area contributed by atoms with Gasteiger partial charge in [-0.2, -0.15) is 5.10 Å². The number of nitro benzene ring substituents is 2. The third kappa shape index (κ3) is 4.15. The lowest BCUT2D eigenvalue weighted by molar-refractivity contribution is -0.394. The number of nitro groups is 2. The second-order valence-corrected chi connectivity index (χ2v) is 4.96. The summed E-state index contributed by atoms with van der Waals surface area (Å²) < 4.78 is 0. The number of benzene rings is 2. The Labute approximate surface area is 145 Å². The van der Waals surface area contributed by atoms with E-state index in [4.69, 9.17) is 0 Å². The van der Waals surface area contributed by atoms with E-state index in [1.54, 1.807) is 18.2 Å². The zero-order valence-electron chi connectivity index (χ0n) is 13.0. The molecule has 1 atom stereocenters. The highest BCUT2D eigenvalue weighted by atomic mass is 16.6. The van der Waals surface area contributed by atoms with Gasteiger partial charge >= 0.3 is 5.69 Å². The Morgan fingerprint density at radius 3 is 2.38 bits per heavy atom. The van der Waals surface area contributed by atoms with E-state index >= 15 is 0 Å². The molecule has 2 aromatic rings. The van der Waals surface area contributed by atoms with E-state index in [9.17, 15) is 35.2 Å². The minimum atomic E-state index is -1.51. The van der Waals surface area contributed by atoms with E-state index in [0.29, 0.717) is 11.6 Å². The van der Waals surface area contributed by atoms with Crippen molar-refractivity contribution in [2.45, 2.75) is 6.10 Å². The molecule has 11 heteroatoms. The van der Waals surface area contributed by atoms with Gasteiger partial charge in [-0.15, -0.1) is 0 Å². The first-order valence-corrected chi connectivity index (χ1v) is 7.03. The van der Waals surface area contributed by atoms with Gasteiger partial charge in [-0.1, -0.05) is 30.3 Å². The number of phenolic OH excluding ortho intramolecular Hbond substituents is 1. The summed E-state index contributed by atoms with van der Waals surface area (Å²) in [5.74, 6) is -1.74. The second-order valence-electron chi connectivity index (χ2n) is 4.96. The van der Waals surface area contributed by atoms with Crippen LogP contribution in [0.25, 0.3) is 0 Å². The molecule has 0 aliphatic heterocycles. The molecule has 0 aromatic heterocycles. The molecule has 1 amide bonds. The van der Waals surface area contributed by atoms with E-state index in [1.807, 2.05) is 5.43 Å². The van der Waals surface area contributed by atoms with Gasteiger partial charge in [-0.05, 0) is 5.56 Å². The van der Waals surface area contributed by atoms with Crippen LogP contribution in [0.1, 0.15) is 17.2 Å². The molecule has 0 unspecified atom stereocenters. The van der Waals surface area contributed by atoms with Crippen molar-refractivity contribution in [2.24, 2.45) is 5.10 Å². The largest absolute Gasteiger partial charge is 0.502 e. The fraction of sp³-hybridized carbons (Fsp3) is 0.0667. The van der Waals surface area contributed by atoms with Crippen molar-refractivity contribution in [3.8, 4) is 5.75 Å². The number of phenols is 1. The Kier molecular flexibility index (Phi) is 5.55. The van der Waals surface area contributed by atoms with Crippen LogP contribution in [0, 0.1) is 20.2 Å². The van der Waals surface area contributed by atoms with Crippen molar-refractivity contribution >= 4 is 23.5 Å². The normalized spacial score (nSPS) is 11.9. The summed E-state index contributed by atoms with van der Waals surface area (Å²) in [7, 11) is 0. The van der Waals surface area contributed by atoms with Gasteiger partial charge in [0.2, 0.25) is 5.75 Å². The van der Waals surface area contributed by atoms with Crippen molar-refractivity contribution < 1.29 is 24.9 Å². The summed E-state index contributed by atoms with van der Waals surface area (Å²) in [4.78, 5) is 31.6. The summed E-state index contributed by atoms with van der Waals surface area (Å²) in [6, 6.07) is 9.43. The van der Waals surface area contributed by atoms with Gasteiger partial charge < -0.3 is 10.2 Å². The van der Waals surface area contributed by atoms with Gasteiger partial charge in [0.25, 0.3) is 11.6 Å². The van der Waals surface area contributed by atoms with Gasteiger partial charge in [-0.25, -0.2) is 5.43 Å². The minimum absolute atomic E-state index is 0.314. The number of carbonyl (C=O) groups is 1. The Bertz CT molecular complexity index is 883. The van der Waals surface area contributed by atoms with Crippen LogP contribution in [0.4, 0.5) is 11.4 Å². The van der Waals surface area contributed by atoms with Gasteiger partial charge in [0.05, 0.1) is 27.7 Å². The molecule has 134 valence electrons. The number of nitrogens with one attached hydrogen (secondary N) is 1. The highest BCUT2D eigenvalue weighted by Gasteiger charge is 2.23. The summed E-state index contributed by atoms with van der Waals surface area (Å²) >= 11 is 0. The van der Waals surface area contributed by atoms with Crippen molar-refractivity contribution in [1.29, 1.82) is 0 Å². The van der Waals surface area contributed by atoms with Crippen LogP contribution in [-0.2, 0) is 4.79 Å². The van der Waals surface area contributed by atoms with Gasteiger partial charge in [-0.3, -0.25) is 25.0 Å². The quantitative estimate of drug-likeness (QED) is 0.397. The zero-order valence-corrected chi connectivity index (χ0v) is 13.0. The highest BCUT2D eigenvalue weighted by Crippen LogP contribution is 2.33. The molecule has 0 saturated heterocycles. The molecular formula is C15H12N4O7. The molecule has 11 nitrogen and oxygen atoms in total. The summed E-state index contributed by atoms with van der Waals surface area (Å²) in [6.45, 7) is 0. The molecule has 2 aromatic carbocycles. The third-order valence-electron chi connectivity index (χ3n) is 3.25. The Morgan fingerprint density at radius 2 is 1.81 bits per heavy atom. The first kappa shape index (κ1) is 18.5. The summed E-state index contributed by atoms with van der Waals surface area (Å²) in [6.07, 6.45) is -0.716. The number of hydrogen-bond acceptors (Lipinski definition) is 8. The van der Waals surface area contributed by atoms with Crippen molar-refractivity contribution in [3.63, 3.8) is 0 Å². The van der Waals surface area contributed by atoms with E-state index in [1.165, 1.54) is 12.1 Å². The predicted octanol–water partition coefficient (Wildman–Crippen LogP) is 1.39. The topological polar surface area (TPSA) is 168 Å². The first-order chi connectivity index (χ1) is 12.3. The molecule has 0 spiro atoms. The zero-order chi connectivity index (χ0) is 19.3. The molecule has 2 rings (SSSR count). The maximum absolute atomic E-state index is 11.8. The molecular weight excluding hydrogens is 348 g/mol. The average Bonchev–Trinajstić information content (AvgIpc) is 2.62. The predicted molar refractivity (Wildman–Crippen MR) is 88.6 cm³/mol. The monoisotopic (exact) mass is 360 g/mol. The molecule has 26 heavy (non-hydrogen) atoms. The maximum Gasteiger partial charge on any atom is 0.318 e. The van der Waals surface area contributed by atoms with Crippen LogP contribution < -0.4 is 5.43 Å². The lowest BCUT2D eigenvalue weighted by Gasteiger charge is -2.08. The number of non-ortho nitro benzene ring substituents is 1. The number of hydrazone groups is 1. The highest BCUT2D eigenvalue weighted by molar-refractivity contribution is 5.89. The number of carbonyl (C=O) groups excluding carboxylic acids is 1. The van der Waals surface area contributed by atoms with E-state index < -0.39 is 39.0 Å². The average molecular weight is 360 g/mol. The lowest BCUT2D eigenvalue weighted by atomic mass is 10.1. The number of hydrogen-bond donors (Lipinski definition) is 3. The second kappa shape index (κ2) is 7.81. The van der Waals surface area contributed by atoms with Gasteiger partial charge in [0.1, 0.15) is 0 Å². The molecule has 0 aliphatic rings. The lowest BCUT2D eigenvalue weighted by Crippen LogP contribution is -2.25. The van der Waals surface area contributed by atoms with Crippen molar-refractivity contribution in [3.05, 3.63) is 73.8 Å². The first-order valence-electron chi connectivity index (χ1n) is 7.03. The Balaban J connectivity index is 2.21. The van der Waals surface area contributed by atoms with Crippen LogP contribution in [0.5, 0.6) is 5.75 Å². The van der Waals surface area contributed by atoms with Crippen LogP contribution in [0.3, 0.4) is 0 Å². The number of aliphatic hydroxyl groups excluding tert-OH is 1. The Morgan fingerprint density at radius 1 is 1.15 bits per heavy atom. The summed E-state index contributed by atoms with van der Waals surface area (Å²) in [5, 5.41) is 44.8. The number of aromatic hydroxyl groups is 1. The maximum atomic E-state index is 11.8. The van der Waals surface area contributed by atoms with E-state index in [-0.39, 0.29) is 5.56 Å². The van der Waals surface area contributed by atoms with E-state index in [0.717, 1.165) is 12.3 Å². The van der Waals surface area contributed by atoms with Crippen LogP contribution in [-0.4, -0.2) is 32.2 Å².